The third-order valence-electron chi connectivity index (χ3n) is 3.16. The number of nitrogens with zero attached hydrogens (tertiary/aromatic N) is 2. The first-order chi connectivity index (χ1) is 12.3. The predicted octanol–water partition coefficient (Wildman–Crippen LogP) is 2.44. The lowest BCUT2D eigenvalue weighted by atomic mass is 10.2. The van der Waals surface area contributed by atoms with Gasteiger partial charge in [-0.3, -0.25) is 9.69 Å². The predicted molar refractivity (Wildman–Crippen MR) is 86.1 cm³/mol. The molecule has 0 amide bonds. The van der Waals surface area contributed by atoms with Crippen LogP contribution in [0.15, 0.2) is 18.2 Å². The van der Waals surface area contributed by atoms with Crippen molar-refractivity contribution in [1.29, 1.82) is 0 Å². The lowest BCUT2D eigenvalue weighted by molar-refractivity contribution is -0.192. The molecule has 0 saturated carbocycles. The first-order valence-electron chi connectivity index (χ1n) is 7.65. The molecule has 1 rings (SSSR count). The summed E-state index contributed by atoms with van der Waals surface area (Å²) in [6, 6.07) is 3.45. The summed E-state index contributed by atoms with van der Waals surface area (Å²) in [7, 11) is 3.82. The number of likely N-dealkylation sites (N-methyl/N-ethyl adjacent to an activating group) is 1. The highest BCUT2D eigenvalue weighted by Crippen LogP contribution is 2.13. The topological polar surface area (TPSA) is 81.1 Å². The van der Waals surface area contributed by atoms with Gasteiger partial charge in [0.15, 0.2) is 0 Å². The Morgan fingerprint density at radius 3 is 2.00 bits per heavy atom. The molecule has 0 bridgehead atoms. The molecule has 2 N–H and O–H groups in total. The van der Waals surface area contributed by atoms with Gasteiger partial charge in [0.2, 0.25) is 0 Å². The monoisotopic (exact) mass is 400 g/mol. The van der Waals surface area contributed by atoms with Gasteiger partial charge in [-0.1, -0.05) is 6.07 Å². The molecule has 11 heteroatoms. The summed E-state index contributed by atoms with van der Waals surface area (Å²) >= 11 is 0. The van der Waals surface area contributed by atoms with E-state index in [4.69, 9.17) is 15.0 Å². The van der Waals surface area contributed by atoms with Crippen LogP contribution in [0.1, 0.15) is 12.0 Å². The minimum absolute atomic E-state index is 0.00373. The van der Waals surface area contributed by atoms with Crippen LogP contribution < -0.4 is 0 Å². The Morgan fingerprint density at radius 1 is 1.04 bits per heavy atom. The van der Waals surface area contributed by atoms with Gasteiger partial charge in [0, 0.05) is 37.8 Å². The Bertz CT molecular complexity index is 623. The average Bonchev–Trinajstić information content (AvgIpc) is 2.51. The van der Waals surface area contributed by atoms with Crippen LogP contribution in [0.2, 0.25) is 0 Å². The fraction of sp³-hybridized carbons (Fsp3) is 0.500. The zero-order chi connectivity index (χ0) is 21.2. The van der Waals surface area contributed by atoms with E-state index in [0.29, 0.717) is 18.7 Å². The molecule has 0 saturated heterocycles. The van der Waals surface area contributed by atoms with Crippen LogP contribution in [0, 0.1) is 11.6 Å². The molecule has 0 fully saturated rings. The third kappa shape index (κ3) is 11.9. The van der Waals surface area contributed by atoms with Crippen molar-refractivity contribution >= 4 is 11.9 Å². The normalized spacial score (nSPS) is 11.3. The number of rotatable bonds is 8. The van der Waals surface area contributed by atoms with Gasteiger partial charge in [-0.15, -0.1) is 0 Å². The highest BCUT2D eigenvalue weighted by Gasteiger charge is 2.38. The van der Waals surface area contributed by atoms with Crippen molar-refractivity contribution in [2.45, 2.75) is 19.1 Å². The Hall–Kier alpha value is -2.27. The fourth-order valence-corrected chi connectivity index (χ4v) is 1.76. The van der Waals surface area contributed by atoms with Crippen LogP contribution in [-0.2, 0) is 16.1 Å². The van der Waals surface area contributed by atoms with Crippen LogP contribution in [0.25, 0.3) is 0 Å². The minimum Gasteiger partial charge on any atom is -0.481 e. The number of hydrogen-bond acceptors (Lipinski definition) is 4. The Labute approximate surface area is 152 Å². The Kier molecular flexibility index (Phi) is 10.5. The van der Waals surface area contributed by atoms with Gasteiger partial charge in [-0.05, 0) is 20.2 Å². The lowest BCUT2D eigenvalue weighted by Crippen LogP contribution is -2.33. The minimum atomic E-state index is -5.08. The Balaban J connectivity index is 0.000000821. The van der Waals surface area contributed by atoms with E-state index in [0.717, 1.165) is 12.6 Å². The van der Waals surface area contributed by atoms with E-state index in [1.54, 1.807) is 0 Å². The van der Waals surface area contributed by atoms with Crippen LogP contribution in [0.5, 0.6) is 0 Å². The molecular formula is C16H21F5N2O4. The van der Waals surface area contributed by atoms with E-state index in [1.165, 1.54) is 12.1 Å². The van der Waals surface area contributed by atoms with Crippen LogP contribution in [-0.4, -0.2) is 71.9 Å². The standard InChI is InChI=1S/C14H20F2N2O2.C2HF3O2/c1-17(2)7-8-18(6-5-14(19)20)10-11-3-4-12(15)9-13(11)16;3-2(4,5)1(6)7/h3-4,9H,5-8,10H2,1-2H3,(H,19,20);(H,6,7). The number of carbonyl (C=O) groups is 2. The summed E-state index contributed by atoms with van der Waals surface area (Å²) in [5.74, 6) is -4.86. The molecule has 0 aliphatic carbocycles. The van der Waals surface area contributed by atoms with Crippen LogP contribution >= 0.6 is 0 Å². The maximum absolute atomic E-state index is 13.6. The van der Waals surface area contributed by atoms with Crippen molar-refractivity contribution in [1.82, 2.24) is 9.80 Å². The van der Waals surface area contributed by atoms with Crippen molar-refractivity contribution in [3.63, 3.8) is 0 Å². The summed E-state index contributed by atoms with van der Waals surface area (Å²) in [6.07, 6.45) is -5.09. The van der Waals surface area contributed by atoms with E-state index in [1.807, 2.05) is 23.9 Å². The molecule has 0 unspecified atom stereocenters. The number of alkyl halides is 3. The highest BCUT2D eigenvalue weighted by molar-refractivity contribution is 5.73. The van der Waals surface area contributed by atoms with E-state index in [9.17, 15) is 26.7 Å². The molecule has 0 heterocycles. The summed E-state index contributed by atoms with van der Waals surface area (Å²) in [4.78, 5) is 23.4. The molecule has 0 radical (unpaired) electrons. The van der Waals surface area contributed by atoms with E-state index in [2.05, 4.69) is 0 Å². The number of hydrogen-bond donors (Lipinski definition) is 2. The third-order valence-corrected chi connectivity index (χ3v) is 3.16. The van der Waals surface area contributed by atoms with Gasteiger partial charge in [-0.25, -0.2) is 13.6 Å². The average molecular weight is 400 g/mol. The molecule has 27 heavy (non-hydrogen) atoms. The van der Waals surface area contributed by atoms with E-state index >= 15 is 0 Å². The Morgan fingerprint density at radius 2 is 1.59 bits per heavy atom. The summed E-state index contributed by atoms with van der Waals surface area (Å²) in [5, 5.41) is 15.9. The number of aliphatic carboxylic acids is 2. The van der Waals surface area contributed by atoms with E-state index in [-0.39, 0.29) is 13.0 Å². The van der Waals surface area contributed by atoms with Gasteiger partial charge in [0.25, 0.3) is 0 Å². The SMILES string of the molecule is CN(C)CCN(CCC(=O)O)Cc1ccc(F)cc1F.O=C(O)C(F)(F)F. The van der Waals surface area contributed by atoms with Gasteiger partial charge in [-0.2, -0.15) is 13.2 Å². The van der Waals surface area contributed by atoms with Crippen molar-refractivity contribution in [3.8, 4) is 0 Å². The summed E-state index contributed by atoms with van der Waals surface area (Å²) < 4.78 is 58.2. The molecular weight excluding hydrogens is 379 g/mol. The van der Waals surface area contributed by atoms with Gasteiger partial charge >= 0.3 is 18.1 Å². The number of carboxylic acid groups (broad SMARTS) is 2. The molecule has 1 aromatic rings. The first kappa shape index (κ1) is 24.7. The quantitative estimate of drug-likeness (QED) is 0.653. The van der Waals surface area contributed by atoms with Gasteiger partial charge in [0.1, 0.15) is 11.6 Å². The second-order valence-electron chi connectivity index (χ2n) is 5.76. The number of carboxylic acids is 2. The molecule has 0 aromatic heterocycles. The number of halogens is 5. The maximum Gasteiger partial charge on any atom is 0.490 e. The smallest absolute Gasteiger partial charge is 0.481 e. The summed E-state index contributed by atoms with van der Waals surface area (Å²) in [5.41, 5.74) is 0.371. The molecule has 1 aromatic carbocycles. The zero-order valence-corrected chi connectivity index (χ0v) is 14.8. The van der Waals surface area contributed by atoms with E-state index < -0.39 is 29.7 Å². The van der Waals surface area contributed by atoms with Crippen molar-refractivity contribution < 1.29 is 41.8 Å². The van der Waals surface area contributed by atoms with Crippen molar-refractivity contribution in [2.24, 2.45) is 0 Å². The second-order valence-corrected chi connectivity index (χ2v) is 5.76. The van der Waals surface area contributed by atoms with Crippen LogP contribution in [0.3, 0.4) is 0 Å². The molecule has 6 nitrogen and oxygen atoms in total. The highest BCUT2D eigenvalue weighted by atomic mass is 19.4. The van der Waals surface area contributed by atoms with Crippen LogP contribution in [0.4, 0.5) is 22.0 Å². The summed E-state index contributed by atoms with van der Waals surface area (Å²) in [6.45, 7) is 1.97. The maximum atomic E-state index is 13.6. The van der Waals surface area contributed by atoms with Crippen molar-refractivity contribution in [3.05, 3.63) is 35.4 Å². The molecule has 0 aliphatic heterocycles. The molecule has 0 spiro atoms. The lowest BCUT2D eigenvalue weighted by Gasteiger charge is -2.23. The van der Waals surface area contributed by atoms with Crippen molar-refractivity contribution in [2.75, 3.05) is 33.7 Å². The fourth-order valence-electron chi connectivity index (χ4n) is 1.76. The second kappa shape index (κ2) is 11.4. The zero-order valence-electron chi connectivity index (χ0n) is 14.8. The largest absolute Gasteiger partial charge is 0.490 e. The van der Waals surface area contributed by atoms with Gasteiger partial charge < -0.3 is 15.1 Å². The molecule has 0 atom stereocenters. The first-order valence-corrected chi connectivity index (χ1v) is 7.65. The van der Waals surface area contributed by atoms with Gasteiger partial charge in [0.05, 0.1) is 6.42 Å². The molecule has 0 aliphatic rings. The number of benzene rings is 1. The molecule has 154 valence electrons.